The molecule has 0 aliphatic rings. The molecule has 0 aliphatic carbocycles. The molecule has 21 heavy (non-hydrogen) atoms. The number of aryl methyl sites for hydroxylation is 2. The van der Waals surface area contributed by atoms with Gasteiger partial charge in [0.15, 0.2) is 0 Å². The molecule has 0 spiro atoms. The number of rotatable bonds is 12. The van der Waals surface area contributed by atoms with Crippen LogP contribution in [0.3, 0.4) is 0 Å². The van der Waals surface area contributed by atoms with Gasteiger partial charge in [-0.05, 0) is 13.3 Å². The van der Waals surface area contributed by atoms with Crippen LogP contribution < -0.4 is 5.32 Å². The normalized spacial score (nSPS) is 12.6. The van der Waals surface area contributed by atoms with Gasteiger partial charge >= 0.3 is 0 Å². The van der Waals surface area contributed by atoms with Gasteiger partial charge in [0.05, 0.1) is 24.1 Å². The van der Waals surface area contributed by atoms with Crippen LogP contribution in [0, 0.1) is 6.92 Å². The Morgan fingerprint density at radius 1 is 1.29 bits per heavy atom. The molecule has 1 rings (SSSR count). The van der Waals surface area contributed by atoms with Gasteiger partial charge in [0.25, 0.3) is 0 Å². The standard InChI is InChI=1S/C16H31N3O2/c1-4-5-6-7-8-9-10-21-13-15(20)11-17-16-12-19(3)18-14(16)2/h12,15,17,20H,4-11,13H2,1-3H3. The van der Waals surface area contributed by atoms with Gasteiger partial charge in [-0.25, -0.2) is 0 Å². The monoisotopic (exact) mass is 297 g/mol. The highest BCUT2D eigenvalue weighted by Gasteiger charge is 2.07. The third kappa shape index (κ3) is 8.07. The summed E-state index contributed by atoms with van der Waals surface area (Å²) in [6, 6.07) is 0. The van der Waals surface area contributed by atoms with Crippen LogP contribution in [0.2, 0.25) is 0 Å². The minimum atomic E-state index is -0.482. The van der Waals surface area contributed by atoms with Gasteiger partial charge in [0, 0.05) is 26.4 Å². The number of aliphatic hydroxyl groups excluding tert-OH is 1. The first-order chi connectivity index (χ1) is 10.1. The molecule has 1 aromatic rings. The third-order valence-corrected chi connectivity index (χ3v) is 3.49. The zero-order valence-corrected chi connectivity index (χ0v) is 13.8. The van der Waals surface area contributed by atoms with Crippen molar-refractivity contribution in [3.8, 4) is 0 Å². The van der Waals surface area contributed by atoms with Gasteiger partial charge in [0.1, 0.15) is 0 Å². The highest BCUT2D eigenvalue weighted by Crippen LogP contribution is 2.11. The van der Waals surface area contributed by atoms with Crippen molar-refractivity contribution in [1.29, 1.82) is 0 Å². The third-order valence-electron chi connectivity index (χ3n) is 3.49. The van der Waals surface area contributed by atoms with Gasteiger partial charge in [-0.1, -0.05) is 39.0 Å². The molecule has 0 saturated heterocycles. The lowest BCUT2D eigenvalue weighted by Gasteiger charge is -2.12. The second kappa shape index (κ2) is 10.6. The van der Waals surface area contributed by atoms with E-state index in [1.165, 1.54) is 32.1 Å². The Labute approximate surface area is 128 Å². The quantitative estimate of drug-likeness (QED) is 0.582. The fraction of sp³-hybridized carbons (Fsp3) is 0.812. The molecule has 2 N–H and O–H groups in total. The van der Waals surface area contributed by atoms with E-state index >= 15 is 0 Å². The predicted molar refractivity (Wildman–Crippen MR) is 86.6 cm³/mol. The summed E-state index contributed by atoms with van der Waals surface area (Å²) in [4.78, 5) is 0. The van der Waals surface area contributed by atoms with Gasteiger partial charge in [-0.2, -0.15) is 5.10 Å². The molecule has 1 heterocycles. The number of ether oxygens (including phenoxy) is 1. The summed E-state index contributed by atoms with van der Waals surface area (Å²) >= 11 is 0. The molecule has 1 aromatic heterocycles. The van der Waals surface area contributed by atoms with E-state index < -0.39 is 6.10 Å². The first-order valence-corrected chi connectivity index (χ1v) is 8.13. The molecule has 1 unspecified atom stereocenters. The zero-order chi connectivity index (χ0) is 15.5. The Bertz CT molecular complexity index is 380. The van der Waals surface area contributed by atoms with E-state index in [9.17, 15) is 5.11 Å². The maximum absolute atomic E-state index is 9.87. The number of hydrogen-bond donors (Lipinski definition) is 2. The van der Waals surface area contributed by atoms with E-state index in [4.69, 9.17) is 4.74 Å². The number of aromatic nitrogens is 2. The van der Waals surface area contributed by atoms with Crippen molar-refractivity contribution in [2.24, 2.45) is 7.05 Å². The number of aliphatic hydroxyl groups is 1. The number of nitrogens with zero attached hydrogens (tertiary/aromatic N) is 2. The molecule has 0 aromatic carbocycles. The van der Waals surface area contributed by atoms with Crippen molar-refractivity contribution < 1.29 is 9.84 Å². The molecule has 0 radical (unpaired) electrons. The molecule has 5 nitrogen and oxygen atoms in total. The van der Waals surface area contributed by atoms with E-state index in [2.05, 4.69) is 17.3 Å². The molecular weight excluding hydrogens is 266 g/mol. The minimum absolute atomic E-state index is 0.390. The summed E-state index contributed by atoms with van der Waals surface area (Å²) in [5.74, 6) is 0. The van der Waals surface area contributed by atoms with Crippen LogP contribution in [0.15, 0.2) is 6.20 Å². The van der Waals surface area contributed by atoms with Crippen molar-refractivity contribution in [3.05, 3.63) is 11.9 Å². The Morgan fingerprint density at radius 2 is 2.00 bits per heavy atom. The lowest BCUT2D eigenvalue weighted by Crippen LogP contribution is -2.25. The van der Waals surface area contributed by atoms with Crippen LogP contribution >= 0.6 is 0 Å². The Morgan fingerprint density at radius 3 is 2.67 bits per heavy atom. The van der Waals surface area contributed by atoms with Gasteiger partial charge in [-0.15, -0.1) is 0 Å². The van der Waals surface area contributed by atoms with Crippen molar-refractivity contribution in [3.63, 3.8) is 0 Å². The molecule has 0 amide bonds. The van der Waals surface area contributed by atoms with E-state index in [1.54, 1.807) is 4.68 Å². The van der Waals surface area contributed by atoms with Crippen molar-refractivity contribution >= 4 is 5.69 Å². The van der Waals surface area contributed by atoms with Gasteiger partial charge in [0.2, 0.25) is 0 Å². The number of unbranched alkanes of at least 4 members (excludes halogenated alkanes) is 5. The second-order valence-electron chi connectivity index (χ2n) is 5.68. The van der Waals surface area contributed by atoms with E-state index in [1.807, 2.05) is 20.2 Å². The largest absolute Gasteiger partial charge is 0.389 e. The molecule has 122 valence electrons. The van der Waals surface area contributed by atoms with Crippen molar-refractivity contribution in [2.75, 3.05) is 25.1 Å². The van der Waals surface area contributed by atoms with Crippen molar-refractivity contribution in [2.45, 2.75) is 58.5 Å². The number of hydrogen-bond acceptors (Lipinski definition) is 4. The fourth-order valence-corrected chi connectivity index (χ4v) is 2.26. The number of anilines is 1. The molecule has 5 heteroatoms. The Kier molecular flexibility index (Phi) is 9.10. The summed E-state index contributed by atoms with van der Waals surface area (Å²) in [5.41, 5.74) is 1.91. The van der Waals surface area contributed by atoms with E-state index in [0.717, 1.165) is 24.4 Å². The molecular formula is C16H31N3O2. The highest BCUT2D eigenvalue weighted by molar-refractivity contribution is 5.45. The number of nitrogens with one attached hydrogen (secondary N) is 1. The summed E-state index contributed by atoms with van der Waals surface area (Å²) in [6.45, 7) is 5.80. The molecule has 0 bridgehead atoms. The Hall–Kier alpha value is -1.07. The summed E-state index contributed by atoms with van der Waals surface area (Å²) in [6.07, 6.45) is 8.98. The first-order valence-electron chi connectivity index (χ1n) is 8.13. The molecule has 0 saturated carbocycles. The maximum Gasteiger partial charge on any atom is 0.0945 e. The van der Waals surface area contributed by atoms with E-state index in [-0.39, 0.29) is 0 Å². The average molecular weight is 297 g/mol. The van der Waals surface area contributed by atoms with Crippen LogP contribution in [-0.2, 0) is 11.8 Å². The Balaban J connectivity index is 1.99. The van der Waals surface area contributed by atoms with Gasteiger partial charge < -0.3 is 15.2 Å². The fourth-order valence-electron chi connectivity index (χ4n) is 2.26. The highest BCUT2D eigenvalue weighted by atomic mass is 16.5. The van der Waals surface area contributed by atoms with Gasteiger partial charge in [-0.3, -0.25) is 4.68 Å². The van der Waals surface area contributed by atoms with Crippen LogP contribution in [0.25, 0.3) is 0 Å². The first kappa shape index (κ1) is 18.0. The lowest BCUT2D eigenvalue weighted by molar-refractivity contribution is 0.0416. The maximum atomic E-state index is 9.87. The van der Waals surface area contributed by atoms with Crippen molar-refractivity contribution in [1.82, 2.24) is 9.78 Å². The van der Waals surface area contributed by atoms with E-state index in [0.29, 0.717) is 13.2 Å². The average Bonchev–Trinajstić information content (AvgIpc) is 2.77. The topological polar surface area (TPSA) is 59.3 Å². The van der Waals surface area contributed by atoms with Crippen LogP contribution in [0.5, 0.6) is 0 Å². The van der Waals surface area contributed by atoms with Crippen LogP contribution in [0.4, 0.5) is 5.69 Å². The molecule has 0 aliphatic heterocycles. The summed E-state index contributed by atoms with van der Waals surface area (Å²) in [7, 11) is 1.89. The SMILES string of the molecule is CCCCCCCCOCC(O)CNc1cn(C)nc1C. The summed E-state index contributed by atoms with van der Waals surface area (Å²) in [5, 5.41) is 17.3. The van der Waals surface area contributed by atoms with Crippen LogP contribution in [0.1, 0.15) is 51.1 Å². The van der Waals surface area contributed by atoms with Crippen LogP contribution in [-0.4, -0.2) is 40.7 Å². The lowest BCUT2D eigenvalue weighted by atomic mass is 10.1. The molecule has 0 fully saturated rings. The second-order valence-corrected chi connectivity index (χ2v) is 5.68. The minimum Gasteiger partial charge on any atom is -0.389 e. The predicted octanol–water partition coefficient (Wildman–Crippen LogP) is 2.88. The zero-order valence-electron chi connectivity index (χ0n) is 13.8. The molecule has 1 atom stereocenters. The smallest absolute Gasteiger partial charge is 0.0945 e. The summed E-state index contributed by atoms with van der Waals surface area (Å²) < 4.78 is 7.28.